The number of hydrogen-bond acceptors (Lipinski definition) is 4. The van der Waals surface area contributed by atoms with Gasteiger partial charge in [-0.05, 0) is 36.1 Å². The summed E-state index contributed by atoms with van der Waals surface area (Å²) in [7, 11) is 0. The molecule has 0 bridgehead atoms. The van der Waals surface area contributed by atoms with Gasteiger partial charge >= 0.3 is 0 Å². The molecule has 24 heavy (non-hydrogen) atoms. The van der Waals surface area contributed by atoms with Gasteiger partial charge in [-0.2, -0.15) is 0 Å². The van der Waals surface area contributed by atoms with Crippen LogP contribution in [0.15, 0.2) is 41.3 Å². The molecule has 3 aromatic heterocycles. The Balaban J connectivity index is 2.10. The van der Waals surface area contributed by atoms with Gasteiger partial charge in [-0.1, -0.05) is 19.9 Å². The molecule has 6 heteroatoms. The third-order valence-electron chi connectivity index (χ3n) is 4.05. The molecule has 126 valence electrons. The summed E-state index contributed by atoms with van der Waals surface area (Å²) in [5.74, 6) is 2.11. The van der Waals surface area contributed by atoms with Crippen LogP contribution in [0.1, 0.15) is 36.7 Å². The summed E-state index contributed by atoms with van der Waals surface area (Å²) in [5, 5.41) is 4.48. The number of aryl methyl sites for hydroxylation is 2. The molecule has 0 aliphatic carbocycles. The second-order valence-corrected chi connectivity index (χ2v) is 6.15. The lowest BCUT2D eigenvalue weighted by molar-refractivity contribution is 0.404. The lowest BCUT2D eigenvalue weighted by atomic mass is 9.88. The Hall–Kier alpha value is -2.50. The van der Waals surface area contributed by atoms with Crippen molar-refractivity contribution < 1.29 is 8.81 Å². The summed E-state index contributed by atoms with van der Waals surface area (Å²) in [6.07, 6.45) is 5.18. The molecule has 0 saturated heterocycles. The van der Waals surface area contributed by atoms with Crippen molar-refractivity contribution in [2.45, 2.75) is 33.2 Å². The molecule has 5 nitrogen and oxygen atoms in total. The van der Waals surface area contributed by atoms with Gasteiger partial charge in [-0.3, -0.25) is 4.98 Å². The Morgan fingerprint density at radius 2 is 2.12 bits per heavy atom. The molecule has 3 rings (SSSR count). The zero-order valence-corrected chi connectivity index (χ0v) is 14.1. The number of halogens is 1. The van der Waals surface area contributed by atoms with Crippen molar-refractivity contribution in [3.63, 3.8) is 0 Å². The molecule has 3 heterocycles. The van der Waals surface area contributed by atoms with E-state index < -0.39 is 6.67 Å². The van der Waals surface area contributed by atoms with Crippen LogP contribution in [0.3, 0.4) is 0 Å². The maximum absolute atomic E-state index is 13.0. The van der Waals surface area contributed by atoms with Crippen molar-refractivity contribution >= 4 is 0 Å². The minimum absolute atomic E-state index is 0.0123. The summed E-state index contributed by atoms with van der Waals surface area (Å²) in [6.45, 7) is 5.85. The predicted molar refractivity (Wildman–Crippen MR) is 89.4 cm³/mol. The zero-order chi connectivity index (χ0) is 17.1. The average molecular weight is 328 g/mol. The lowest BCUT2D eigenvalue weighted by Crippen LogP contribution is -2.17. The van der Waals surface area contributed by atoms with Crippen LogP contribution in [0.5, 0.6) is 0 Å². The second kappa shape index (κ2) is 6.95. The average Bonchev–Trinajstić information content (AvgIpc) is 3.15. The van der Waals surface area contributed by atoms with Crippen molar-refractivity contribution in [3.8, 4) is 11.6 Å². The van der Waals surface area contributed by atoms with Gasteiger partial charge in [0.1, 0.15) is 12.5 Å². The van der Waals surface area contributed by atoms with Crippen LogP contribution in [-0.4, -0.2) is 26.4 Å². The monoisotopic (exact) mass is 328 g/mol. The Morgan fingerprint density at radius 1 is 1.29 bits per heavy atom. The molecular weight excluding hydrogens is 307 g/mol. The molecule has 0 aromatic carbocycles. The minimum Gasteiger partial charge on any atom is -0.461 e. The second-order valence-electron chi connectivity index (χ2n) is 6.15. The Bertz CT molecular complexity index is 794. The number of alkyl halides is 1. The van der Waals surface area contributed by atoms with Crippen molar-refractivity contribution in [3.05, 3.63) is 53.8 Å². The van der Waals surface area contributed by atoms with Crippen LogP contribution >= 0.6 is 0 Å². The first-order valence-electron chi connectivity index (χ1n) is 8.07. The number of hydrogen-bond donors (Lipinski definition) is 0. The van der Waals surface area contributed by atoms with Gasteiger partial charge in [0.25, 0.3) is 0 Å². The Kier molecular flexibility index (Phi) is 4.74. The summed E-state index contributed by atoms with van der Waals surface area (Å²) in [5.41, 5.74) is 2.00. The smallest absolute Gasteiger partial charge is 0.217 e. The van der Waals surface area contributed by atoms with Gasteiger partial charge < -0.3 is 4.42 Å². The first-order valence-corrected chi connectivity index (χ1v) is 8.07. The van der Waals surface area contributed by atoms with Gasteiger partial charge in [-0.15, -0.1) is 5.10 Å². The highest BCUT2D eigenvalue weighted by Gasteiger charge is 2.26. The highest BCUT2D eigenvalue weighted by Crippen LogP contribution is 2.32. The molecule has 3 aromatic rings. The van der Waals surface area contributed by atoms with E-state index in [1.165, 1.54) is 0 Å². The molecule has 0 saturated carbocycles. The quantitative estimate of drug-likeness (QED) is 0.686. The molecule has 0 spiro atoms. The first kappa shape index (κ1) is 16.4. The zero-order valence-electron chi connectivity index (χ0n) is 14.1. The van der Waals surface area contributed by atoms with E-state index in [1.54, 1.807) is 17.1 Å². The van der Waals surface area contributed by atoms with Crippen molar-refractivity contribution in [2.75, 3.05) is 6.67 Å². The number of rotatable bonds is 6. The summed E-state index contributed by atoms with van der Waals surface area (Å²) >= 11 is 0. The van der Waals surface area contributed by atoms with E-state index in [-0.39, 0.29) is 18.4 Å². The number of aromatic nitrogens is 4. The molecule has 0 fully saturated rings. The standard InChI is InChI=1S/C18H21FN4O/c1-12(2)15(14-5-4-8-20-11-14)18-21-17(22-23(18)9-7-19)16-13(3)6-10-24-16/h4-6,8,10-12,15H,7,9H2,1-3H3. The van der Waals surface area contributed by atoms with Gasteiger partial charge in [-0.25, -0.2) is 14.1 Å². The fraction of sp³-hybridized carbons (Fsp3) is 0.389. The molecule has 0 aliphatic heterocycles. The van der Waals surface area contributed by atoms with Gasteiger partial charge in [0.2, 0.25) is 5.82 Å². The topological polar surface area (TPSA) is 56.7 Å². The summed E-state index contributed by atoms with van der Waals surface area (Å²) in [6, 6.07) is 5.79. The van der Waals surface area contributed by atoms with E-state index in [4.69, 9.17) is 9.40 Å². The Morgan fingerprint density at radius 3 is 2.71 bits per heavy atom. The minimum atomic E-state index is -0.495. The van der Waals surface area contributed by atoms with Crippen LogP contribution in [0.2, 0.25) is 0 Å². The molecule has 0 radical (unpaired) electrons. The number of furan rings is 1. The number of pyridine rings is 1. The van der Waals surface area contributed by atoms with Crippen molar-refractivity contribution in [1.82, 2.24) is 19.7 Å². The van der Waals surface area contributed by atoms with Gasteiger partial charge in [0.05, 0.1) is 12.8 Å². The third-order valence-corrected chi connectivity index (χ3v) is 4.05. The summed E-state index contributed by atoms with van der Waals surface area (Å²) < 4.78 is 20.2. The van der Waals surface area contributed by atoms with E-state index in [0.717, 1.165) is 17.0 Å². The maximum atomic E-state index is 13.0. The van der Waals surface area contributed by atoms with E-state index in [2.05, 4.69) is 23.9 Å². The fourth-order valence-corrected chi connectivity index (χ4v) is 2.92. The fourth-order valence-electron chi connectivity index (χ4n) is 2.92. The molecule has 1 atom stereocenters. The van der Waals surface area contributed by atoms with Crippen molar-refractivity contribution in [2.24, 2.45) is 5.92 Å². The molecule has 0 aliphatic rings. The van der Waals surface area contributed by atoms with Gasteiger partial charge in [0, 0.05) is 18.3 Å². The van der Waals surface area contributed by atoms with Crippen LogP contribution in [-0.2, 0) is 6.54 Å². The summed E-state index contributed by atoms with van der Waals surface area (Å²) in [4.78, 5) is 8.90. The van der Waals surface area contributed by atoms with E-state index in [0.29, 0.717) is 11.6 Å². The molecule has 1 unspecified atom stereocenters. The lowest BCUT2D eigenvalue weighted by Gasteiger charge is -2.20. The van der Waals surface area contributed by atoms with Crippen molar-refractivity contribution in [1.29, 1.82) is 0 Å². The van der Waals surface area contributed by atoms with E-state index in [9.17, 15) is 4.39 Å². The number of nitrogens with zero attached hydrogens (tertiary/aromatic N) is 4. The first-order chi connectivity index (χ1) is 11.6. The molecule has 0 N–H and O–H groups in total. The van der Waals surface area contributed by atoms with E-state index >= 15 is 0 Å². The predicted octanol–water partition coefficient (Wildman–Crippen LogP) is 4.00. The van der Waals surface area contributed by atoms with Crippen LogP contribution in [0.4, 0.5) is 4.39 Å². The SMILES string of the molecule is Cc1ccoc1-c1nc(C(c2cccnc2)C(C)C)n(CCF)n1. The van der Waals surface area contributed by atoms with Crippen LogP contribution in [0.25, 0.3) is 11.6 Å². The third kappa shape index (κ3) is 3.09. The highest BCUT2D eigenvalue weighted by molar-refractivity contribution is 5.52. The normalized spacial score (nSPS) is 12.7. The Labute approximate surface area is 140 Å². The van der Waals surface area contributed by atoms with E-state index in [1.807, 2.05) is 31.3 Å². The largest absolute Gasteiger partial charge is 0.461 e. The van der Waals surface area contributed by atoms with Gasteiger partial charge in [0.15, 0.2) is 5.76 Å². The van der Waals surface area contributed by atoms with Crippen LogP contribution in [0, 0.1) is 12.8 Å². The molecular formula is C18H21FN4O. The maximum Gasteiger partial charge on any atom is 0.217 e. The van der Waals surface area contributed by atoms with Crippen LogP contribution < -0.4 is 0 Å². The molecule has 0 amide bonds. The highest BCUT2D eigenvalue weighted by atomic mass is 19.1.